The van der Waals surface area contributed by atoms with Gasteiger partial charge in [-0.15, -0.1) is 0 Å². The van der Waals surface area contributed by atoms with Gasteiger partial charge in [0, 0.05) is 0 Å². The third-order valence-corrected chi connectivity index (χ3v) is 3.97. The minimum absolute atomic E-state index is 0.0982. The molecule has 0 N–H and O–H groups in total. The van der Waals surface area contributed by atoms with Gasteiger partial charge in [0.25, 0.3) is 10.1 Å². The first-order chi connectivity index (χ1) is 8.37. The summed E-state index contributed by atoms with van der Waals surface area (Å²) in [6, 6.07) is 5.36. The highest BCUT2D eigenvalue weighted by molar-refractivity contribution is 7.87. The summed E-state index contributed by atoms with van der Waals surface area (Å²) in [5.74, 6) is -0.790. The lowest BCUT2D eigenvalue weighted by molar-refractivity contribution is 0.0301. The van der Waals surface area contributed by atoms with E-state index in [9.17, 15) is 13.2 Å². The van der Waals surface area contributed by atoms with Crippen LogP contribution in [0.5, 0.6) is 0 Å². The molecule has 5 nitrogen and oxygen atoms in total. The van der Waals surface area contributed by atoms with Crippen LogP contribution in [0.3, 0.4) is 0 Å². The monoisotopic (exact) mass is 270 g/mol. The Kier molecular flexibility index (Phi) is 3.41. The molecule has 1 aliphatic heterocycles. The van der Waals surface area contributed by atoms with E-state index >= 15 is 0 Å². The summed E-state index contributed by atoms with van der Waals surface area (Å²) in [5.41, 5.74) is 2.31. The van der Waals surface area contributed by atoms with Crippen molar-refractivity contribution in [2.75, 3.05) is 12.4 Å². The second kappa shape index (κ2) is 4.70. The van der Waals surface area contributed by atoms with Gasteiger partial charge in [0.05, 0.1) is 5.56 Å². The van der Waals surface area contributed by atoms with Gasteiger partial charge in [-0.3, -0.25) is 4.18 Å². The van der Waals surface area contributed by atoms with E-state index in [1.54, 1.807) is 6.07 Å². The van der Waals surface area contributed by atoms with Crippen molar-refractivity contribution in [1.29, 1.82) is 0 Å². The second-order valence-electron chi connectivity index (χ2n) is 4.35. The molecule has 1 aliphatic rings. The molecule has 1 aromatic rings. The summed E-state index contributed by atoms with van der Waals surface area (Å²) >= 11 is 0. The number of benzene rings is 1. The van der Waals surface area contributed by atoms with Gasteiger partial charge in [-0.25, -0.2) is 4.79 Å². The van der Waals surface area contributed by atoms with Crippen LogP contribution in [-0.4, -0.2) is 32.9 Å². The van der Waals surface area contributed by atoms with E-state index in [1.165, 1.54) is 0 Å². The fourth-order valence-corrected chi connectivity index (χ4v) is 2.90. The SMILES string of the molecule is Cc1ccc(C(=O)OC2COS(=O)(=O)C2)c(C)c1. The van der Waals surface area contributed by atoms with E-state index in [0.717, 1.165) is 11.1 Å². The largest absolute Gasteiger partial charge is 0.455 e. The highest BCUT2D eigenvalue weighted by atomic mass is 32.2. The van der Waals surface area contributed by atoms with Crippen molar-refractivity contribution in [3.8, 4) is 0 Å². The molecule has 1 aromatic carbocycles. The van der Waals surface area contributed by atoms with E-state index in [4.69, 9.17) is 4.74 Å². The van der Waals surface area contributed by atoms with E-state index in [-0.39, 0.29) is 12.4 Å². The predicted octanol–water partition coefficient (Wildman–Crippen LogP) is 1.19. The van der Waals surface area contributed by atoms with Crippen molar-refractivity contribution in [2.24, 2.45) is 0 Å². The summed E-state index contributed by atoms with van der Waals surface area (Å²) in [7, 11) is -3.52. The van der Waals surface area contributed by atoms with Gasteiger partial charge < -0.3 is 4.74 Å². The molecular weight excluding hydrogens is 256 g/mol. The van der Waals surface area contributed by atoms with Crippen molar-refractivity contribution in [3.05, 3.63) is 34.9 Å². The molecule has 0 saturated carbocycles. The summed E-state index contributed by atoms with van der Waals surface area (Å²) in [5, 5.41) is 0. The van der Waals surface area contributed by atoms with Gasteiger partial charge in [-0.05, 0) is 25.5 Å². The van der Waals surface area contributed by atoms with Crippen LogP contribution in [0.25, 0.3) is 0 Å². The number of esters is 1. The van der Waals surface area contributed by atoms with Crippen LogP contribution in [0.15, 0.2) is 18.2 Å². The Morgan fingerprint density at radius 3 is 2.67 bits per heavy atom. The van der Waals surface area contributed by atoms with Crippen LogP contribution >= 0.6 is 0 Å². The van der Waals surface area contributed by atoms with Crippen LogP contribution in [0.4, 0.5) is 0 Å². The zero-order valence-electron chi connectivity index (χ0n) is 10.2. The number of aryl methyl sites for hydroxylation is 2. The topological polar surface area (TPSA) is 69.7 Å². The average molecular weight is 270 g/mol. The zero-order valence-corrected chi connectivity index (χ0v) is 11.0. The fourth-order valence-electron chi connectivity index (χ4n) is 1.83. The fraction of sp³-hybridized carbons (Fsp3) is 0.417. The van der Waals surface area contributed by atoms with Gasteiger partial charge in [0.1, 0.15) is 18.5 Å². The van der Waals surface area contributed by atoms with E-state index in [2.05, 4.69) is 4.18 Å². The van der Waals surface area contributed by atoms with Crippen molar-refractivity contribution in [1.82, 2.24) is 0 Å². The Balaban J connectivity index is 2.09. The molecule has 1 heterocycles. The van der Waals surface area contributed by atoms with Gasteiger partial charge in [0.2, 0.25) is 0 Å². The number of rotatable bonds is 2. The van der Waals surface area contributed by atoms with E-state index in [1.807, 2.05) is 26.0 Å². The van der Waals surface area contributed by atoms with Gasteiger partial charge in [0.15, 0.2) is 0 Å². The quantitative estimate of drug-likeness (QED) is 0.596. The molecule has 1 unspecified atom stereocenters. The highest BCUT2D eigenvalue weighted by Gasteiger charge is 2.32. The molecule has 1 atom stereocenters. The molecule has 0 radical (unpaired) electrons. The van der Waals surface area contributed by atoms with Gasteiger partial charge in [-0.1, -0.05) is 17.7 Å². The molecule has 1 saturated heterocycles. The van der Waals surface area contributed by atoms with Crippen LogP contribution in [0.1, 0.15) is 21.5 Å². The predicted molar refractivity (Wildman–Crippen MR) is 64.9 cm³/mol. The summed E-state index contributed by atoms with van der Waals surface area (Å²) in [6.07, 6.45) is -0.719. The number of carbonyl (C=O) groups excluding carboxylic acids is 1. The van der Waals surface area contributed by atoms with Crippen molar-refractivity contribution in [2.45, 2.75) is 20.0 Å². The first kappa shape index (κ1) is 13.0. The molecule has 0 bridgehead atoms. The van der Waals surface area contributed by atoms with Crippen LogP contribution in [-0.2, 0) is 19.0 Å². The number of ether oxygens (including phenoxy) is 1. The maximum absolute atomic E-state index is 11.9. The number of hydrogen-bond donors (Lipinski definition) is 0. The Morgan fingerprint density at radius 2 is 2.11 bits per heavy atom. The minimum atomic E-state index is -3.52. The maximum atomic E-state index is 11.9. The molecule has 18 heavy (non-hydrogen) atoms. The maximum Gasteiger partial charge on any atom is 0.338 e. The highest BCUT2D eigenvalue weighted by Crippen LogP contribution is 2.16. The van der Waals surface area contributed by atoms with Gasteiger partial charge >= 0.3 is 5.97 Å². The van der Waals surface area contributed by atoms with Crippen LogP contribution in [0, 0.1) is 13.8 Å². The summed E-state index contributed by atoms with van der Waals surface area (Å²) in [6.45, 7) is 3.64. The molecule has 0 aromatic heterocycles. The molecule has 98 valence electrons. The molecule has 0 amide bonds. The standard InChI is InChI=1S/C12H14O5S/c1-8-3-4-11(9(2)5-8)12(13)17-10-6-16-18(14,15)7-10/h3-5,10H,6-7H2,1-2H3. The van der Waals surface area contributed by atoms with Crippen molar-refractivity contribution in [3.63, 3.8) is 0 Å². The molecule has 0 aliphatic carbocycles. The first-order valence-corrected chi connectivity index (χ1v) is 7.10. The van der Waals surface area contributed by atoms with Crippen LogP contribution < -0.4 is 0 Å². The molecule has 6 heteroatoms. The van der Waals surface area contributed by atoms with Gasteiger partial charge in [-0.2, -0.15) is 8.42 Å². The lowest BCUT2D eigenvalue weighted by Gasteiger charge is -2.10. The zero-order chi connectivity index (χ0) is 13.3. The molecule has 0 spiro atoms. The summed E-state index contributed by atoms with van der Waals surface area (Å²) in [4.78, 5) is 11.9. The Bertz CT molecular complexity index is 576. The normalized spacial score (nSPS) is 21.8. The Labute approximate surface area is 106 Å². The smallest absolute Gasteiger partial charge is 0.338 e. The minimum Gasteiger partial charge on any atom is -0.455 e. The Morgan fingerprint density at radius 1 is 1.39 bits per heavy atom. The number of carbonyl (C=O) groups is 1. The third kappa shape index (κ3) is 2.88. The molecule has 2 rings (SSSR count). The lowest BCUT2D eigenvalue weighted by atomic mass is 10.1. The summed E-state index contributed by atoms with van der Waals surface area (Å²) < 4.78 is 31.8. The second-order valence-corrected chi connectivity index (χ2v) is 6.04. The van der Waals surface area contributed by atoms with Crippen LogP contribution in [0.2, 0.25) is 0 Å². The van der Waals surface area contributed by atoms with Crippen molar-refractivity contribution >= 4 is 16.1 Å². The van der Waals surface area contributed by atoms with Crippen molar-refractivity contribution < 1.29 is 22.1 Å². The number of hydrogen-bond acceptors (Lipinski definition) is 5. The van der Waals surface area contributed by atoms with E-state index in [0.29, 0.717) is 5.56 Å². The molecule has 1 fully saturated rings. The average Bonchev–Trinajstić information content (AvgIpc) is 2.57. The third-order valence-electron chi connectivity index (χ3n) is 2.70. The molecular formula is C12H14O5S. The Hall–Kier alpha value is -1.40. The lowest BCUT2D eigenvalue weighted by Crippen LogP contribution is -2.22. The van der Waals surface area contributed by atoms with E-state index < -0.39 is 22.2 Å². The first-order valence-electron chi connectivity index (χ1n) is 5.53.